The molecular formula is C22H21N5O3. The van der Waals surface area contributed by atoms with Gasteiger partial charge in [-0.05, 0) is 31.0 Å². The molecule has 0 aliphatic carbocycles. The molecule has 3 aromatic heterocycles. The van der Waals surface area contributed by atoms with Crippen molar-refractivity contribution in [3.63, 3.8) is 0 Å². The van der Waals surface area contributed by atoms with Gasteiger partial charge in [-0.25, -0.2) is 0 Å². The zero-order valence-electron chi connectivity index (χ0n) is 16.6. The summed E-state index contributed by atoms with van der Waals surface area (Å²) in [7, 11) is 1.81. The number of carbonyl (C=O) groups is 1. The fourth-order valence-electron chi connectivity index (χ4n) is 3.81. The zero-order valence-corrected chi connectivity index (χ0v) is 16.6. The van der Waals surface area contributed by atoms with E-state index in [1.54, 1.807) is 30.1 Å². The molecule has 0 unspecified atom stereocenters. The number of hydrogen-bond acceptors (Lipinski definition) is 6. The van der Waals surface area contributed by atoms with Crippen molar-refractivity contribution in [2.75, 3.05) is 13.1 Å². The van der Waals surface area contributed by atoms with Gasteiger partial charge in [-0.1, -0.05) is 30.3 Å². The maximum Gasteiger partial charge on any atom is 0.283 e. The van der Waals surface area contributed by atoms with E-state index in [1.807, 2.05) is 41.3 Å². The number of nitrogens with zero attached hydrogens (tertiary/aromatic N) is 5. The van der Waals surface area contributed by atoms with Gasteiger partial charge in [0.15, 0.2) is 5.76 Å². The van der Waals surface area contributed by atoms with Gasteiger partial charge in [0.2, 0.25) is 5.89 Å². The summed E-state index contributed by atoms with van der Waals surface area (Å²) in [6, 6.07) is 15.3. The van der Waals surface area contributed by atoms with Crippen LogP contribution in [0.3, 0.4) is 0 Å². The normalized spacial score (nSPS) is 14.9. The Morgan fingerprint density at radius 3 is 2.60 bits per heavy atom. The minimum Gasteiger partial charge on any atom is -0.459 e. The van der Waals surface area contributed by atoms with E-state index in [0.29, 0.717) is 36.3 Å². The van der Waals surface area contributed by atoms with Crippen LogP contribution in [-0.2, 0) is 7.05 Å². The highest BCUT2D eigenvalue weighted by atomic mass is 16.4. The van der Waals surface area contributed by atoms with Gasteiger partial charge in [-0.2, -0.15) is 5.10 Å². The SMILES string of the molecule is Cn1nc(-c2ccccc2)cc1C(=O)N1CCC(c2nnc(-c3ccco3)o2)CC1. The molecule has 0 bridgehead atoms. The van der Waals surface area contributed by atoms with Crippen molar-refractivity contribution >= 4 is 5.91 Å². The Balaban J connectivity index is 1.26. The number of hydrogen-bond donors (Lipinski definition) is 0. The van der Waals surface area contributed by atoms with Crippen LogP contribution in [0, 0.1) is 0 Å². The Hall–Kier alpha value is -3.68. The van der Waals surface area contributed by atoms with Gasteiger partial charge in [0.1, 0.15) is 5.69 Å². The van der Waals surface area contributed by atoms with Crippen molar-refractivity contribution in [3.05, 3.63) is 66.4 Å². The highest BCUT2D eigenvalue weighted by Crippen LogP contribution is 2.30. The molecular weight excluding hydrogens is 382 g/mol. The summed E-state index contributed by atoms with van der Waals surface area (Å²) >= 11 is 0. The molecule has 0 saturated carbocycles. The Labute approximate surface area is 173 Å². The number of carbonyl (C=O) groups excluding carboxylic acids is 1. The lowest BCUT2D eigenvalue weighted by molar-refractivity contribution is 0.0695. The van der Waals surface area contributed by atoms with Gasteiger partial charge >= 0.3 is 0 Å². The molecule has 1 aromatic carbocycles. The third-order valence-electron chi connectivity index (χ3n) is 5.47. The molecule has 1 saturated heterocycles. The van der Waals surface area contributed by atoms with Crippen molar-refractivity contribution in [1.82, 2.24) is 24.9 Å². The lowest BCUT2D eigenvalue weighted by atomic mass is 9.96. The van der Waals surface area contributed by atoms with Crippen LogP contribution in [0.5, 0.6) is 0 Å². The van der Waals surface area contributed by atoms with Gasteiger partial charge < -0.3 is 13.7 Å². The lowest BCUT2D eigenvalue weighted by Crippen LogP contribution is -2.38. The van der Waals surface area contributed by atoms with Crippen LogP contribution in [-0.4, -0.2) is 43.9 Å². The van der Waals surface area contributed by atoms with Crippen molar-refractivity contribution < 1.29 is 13.6 Å². The van der Waals surface area contributed by atoms with Crippen LogP contribution >= 0.6 is 0 Å². The molecule has 4 aromatic rings. The predicted molar refractivity (Wildman–Crippen MR) is 109 cm³/mol. The van der Waals surface area contributed by atoms with Crippen molar-refractivity contribution in [3.8, 4) is 22.9 Å². The van der Waals surface area contributed by atoms with E-state index >= 15 is 0 Å². The van der Waals surface area contributed by atoms with Gasteiger partial charge in [-0.15, -0.1) is 10.2 Å². The second-order valence-corrected chi connectivity index (χ2v) is 7.39. The van der Waals surface area contributed by atoms with E-state index in [1.165, 1.54) is 0 Å². The molecule has 30 heavy (non-hydrogen) atoms. The number of amides is 1. The number of aromatic nitrogens is 4. The minimum absolute atomic E-state index is 0.00700. The Morgan fingerprint density at radius 2 is 1.87 bits per heavy atom. The molecule has 0 N–H and O–H groups in total. The number of likely N-dealkylation sites (tertiary alicyclic amines) is 1. The summed E-state index contributed by atoms with van der Waals surface area (Å²) in [6.07, 6.45) is 3.12. The maximum atomic E-state index is 13.1. The first-order valence-corrected chi connectivity index (χ1v) is 9.95. The summed E-state index contributed by atoms with van der Waals surface area (Å²) in [6.45, 7) is 1.27. The highest BCUT2D eigenvalue weighted by Gasteiger charge is 2.29. The molecule has 5 rings (SSSR count). The first kappa shape index (κ1) is 18.4. The monoisotopic (exact) mass is 403 g/mol. The van der Waals surface area contributed by atoms with E-state index in [4.69, 9.17) is 8.83 Å². The second kappa shape index (κ2) is 7.62. The molecule has 1 aliphatic heterocycles. The van der Waals surface area contributed by atoms with Crippen LogP contribution in [0.1, 0.15) is 35.1 Å². The largest absolute Gasteiger partial charge is 0.459 e. The van der Waals surface area contributed by atoms with Gasteiger partial charge in [-0.3, -0.25) is 9.48 Å². The number of benzene rings is 1. The smallest absolute Gasteiger partial charge is 0.283 e. The molecule has 1 fully saturated rings. The third kappa shape index (κ3) is 3.41. The first-order valence-electron chi connectivity index (χ1n) is 9.95. The fourth-order valence-corrected chi connectivity index (χ4v) is 3.81. The van der Waals surface area contributed by atoms with Crippen LogP contribution in [0.4, 0.5) is 0 Å². The van der Waals surface area contributed by atoms with Crippen LogP contribution in [0.15, 0.2) is 63.6 Å². The maximum absolute atomic E-state index is 13.1. The number of piperidine rings is 1. The highest BCUT2D eigenvalue weighted by molar-refractivity contribution is 5.93. The minimum atomic E-state index is -0.00700. The van der Waals surface area contributed by atoms with Crippen molar-refractivity contribution in [1.29, 1.82) is 0 Å². The second-order valence-electron chi connectivity index (χ2n) is 7.39. The molecule has 0 spiro atoms. The standard InChI is InChI=1S/C22H21N5O3/c1-26-18(14-17(25-26)15-6-3-2-4-7-15)22(28)27-11-9-16(10-12-27)20-23-24-21(30-20)19-8-5-13-29-19/h2-8,13-14,16H,9-12H2,1H3. The quantitative estimate of drug-likeness (QED) is 0.515. The summed E-state index contributed by atoms with van der Waals surface area (Å²) in [5.41, 5.74) is 2.38. The van der Waals surface area contributed by atoms with Crippen molar-refractivity contribution in [2.24, 2.45) is 7.05 Å². The van der Waals surface area contributed by atoms with E-state index < -0.39 is 0 Å². The summed E-state index contributed by atoms with van der Waals surface area (Å²) in [5.74, 6) is 1.67. The number of furan rings is 1. The Kier molecular flexibility index (Phi) is 4.66. The van der Waals surface area contributed by atoms with E-state index in [-0.39, 0.29) is 11.8 Å². The average molecular weight is 403 g/mol. The molecule has 1 aliphatic rings. The summed E-state index contributed by atoms with van der Waals surface area (Å²) in [5, 5.41) is 12.8. The fraction of sp³-hybridized carbons (Fsp3) is 0.273. The molecule has 8 heteroatoms. The number of aryl methyl sites for hydroxylation is 1. The summed E-state index contributed by atoms with van der Waals surface area (Å²) < 4.78 is 12.7. The molecule has 4 heterocycles. The molecule has 0 atom stereocenters. The lowest BCUT2D eigenvalue weighted by Gasteiger charge is -2.30. The first-order chi connectivity index (χ1) is 14.7. The Bertz CT molecular complexity index is 1140. The van der Waals surface area contributed by atoms with Crippen LogP contribution < -0.4 is 0 Å². The van der Waals surface area contributed by atoms with E-state index in [2.05, 4.69) is 15.3 Å². The topological polar surface area (TPSA) is 90.2 Å². The van der Waals surface area contributed by atoms with Gasteiger partial charge in [0.05, 0.1) is 12.0 Å². The van der Waals surface area contributed by atoms with Gasteiger partial charge in [0, 0.05) is 31.6 Å². The van der Waals surface area contributed by atoms with Gasteiger partial charge in [0.25, 0.3) is 11.8 Å². The molecule has 0 radical (unpaired) electrons. The molecule has 1 amide bonds. The summed E-state index contributed by atoms with van der Waals surface area (Å²) in [4.78, 5) is 14.9. The Morgan fingerprint density at radius 1 is 1.07 bits per heavy atom. The van der Waals surface area contributed by atoms with E-state index in [9.17, 15) is 4.79 Å². The molecule has 8 nitrogen and oxygen atoms in total. The zero-order chi connectivity index (χ0) is 20.5. The predicted octanol–water partition coefficient (Wildman–Crippen LogP) is 3.75. The van der Waals surface area contributed by atoms with E-state index in [0.717, 1.165) is 24.1 Å². The average Bonchev–Trinajstić information content (AvgIpc) is 3.54. The third-order valence-corrected chi connectivity index (χ3v) is 5.47. The molecule has 152 valence electrons. The van der Waals surface area contributed by atoms with Crippen molar-refractivity contribution in [2.45, 2.75) is 18.8 Å². The van der Waals surface area contributed by atoms with Crippen LogP contribution in [0.2, 0.25) is 0 Å². The number of rotatable bonds is 4. The van der Waals surface area contributed by atoms with Crippen LogP contribution in [0.25, 0.3) is 22.9 Å².